The molecule has 0 aliphatic carbocycles. The van der Waals surface area contributed by atoms with Crippen LogP contribution >= 0.6 is 0 Å². The van der Waals surface area contributed by atoms with Crippen LogP contribution in [0.3, 0.4) is 0 Å². The Labute approximate surface area is 146 Å². The third-order valence-electron chi connectivity index (χ3n) is 4.67. The first-order valence-electron chi connectivity index (χ1n) is 8.35. The molecule has 5 heteroatoms. The molecule has 3 heterocycles. The Morgan fingerprint density at radius 3 is 2.64 bits per heavy atom. The zero-order valence-electron chi connectivity index (χ0n) is 14.8. The molecular weight excluding hydrogens is 318 g/mol. The maximum atomic E-state index is 13.0. The minimum Gasteiger partial charge on any atom is -0.493 e. The van der Waals surface area contributed by atoms with Gasteiger partial charge in [-0.3, -0.25) is 4.79 Å². The number of fused-ring (bicyclic) bond motifs is 3. The number of benzene rings is 1. The monoisotopic (exact) mass is 339 g/mol. The van der Waals surface area contributed by atoms with Crippen molar-refractivity contribution in [3.8, 4) is 5.75 Å². The van der Waals surface area contributed by atoms with Gasteiger partial charge in [-0.2, -0.15) is 0 Å². The fourth-order valence-electron chi connectivity index (χ4n) is 3.69. The second kappa shape index (κ2) is 5.41. The Kier molecular flexibility index (Phi) is 3.42. The summed E-state index contributed by atoms with van der Waals surface area (Å²) in [5.74, 6) is 2.18. The van der Waals surface area contributed by atoms with Gasteiger partial charge in [-0.05, 0) is 39.0 Å². The molecule has 1 aliphatic heterocycles. The van der Waals surface area contributed by atoms with Crippen molar-refractivity contribution in [2.45, 2.75) is 38.8 Å². The third kappa shape index (κ3) is 2.34. The number of hydrogen-bond acceptors (Lipinski definition) is 4. The van der Waals surface area contributed by atoms with Crippen molar-refractivity contribution in [2.24, 2.45) is 0 Å². The number of amides is 1. The van der Waals surface area contributed by atoms with Gasteiger partial charge in [-0.1, -0.05) is 12.1 Å². The molecule has 1 aromatic carbocycles. The van der Waals surface area contributed by atoms with E-state index in [1.54, 1.807) is 13.4 Å². The molecule has 1 unspecified atom stereocenters. The molecule has 3 aromatic rings. The van der Waals surface area contributed by atoms with Crippen LogP contribution in [0.15, 0.2) is 45.4 Å². The van der Waals surface area contributed by atoms with E-state index in [1.165, 1.54) is 0 Å². The van der Waals surface area contributed by atoms with Crippen LogP contribution in [0.1, 0.15) is 43.9 Å². The number of methoxy groups -OCH3 is 1. The molecule has 25 heavy (non-hydrogen) atoms. The third-order valence-corrected chi connectivity index (χ3v) is 4.67. The van der Waals surface area contributed by atoms with E-state index in [0.717, 1.165) is 16.7 Å². The van der Waals surface area contributed by atoms with E-state index in [0.29, 0.717) is 23.5 Å². The fourth-order valence-corrected chi connectivity index (χ4v) is 3.69. The van der Waals surface area contributed by atoms with Gasteiger partial charge in [0.2, 0.25) is 5.91 Å². The predicted molar refractivity (Wildman–Crippen MR) is 93.6 cm³/mol. The Hall–Kier alpha value is -2.69. The number of rotatable bonds is 2. The molecule has 0 N–H and O–H groups in total. The second-order valence-corrected chi connectivity index (χ2v) is 7.31. The van der Waals surface area contributed by atoms with Crippen molar-refractivity contribution in [3.05, 3.63) is 53.7 Å². The van der Waals surface area contributed by atoms with Crippen LogP contribution in [0.25, 0.3) is 11.0 Å². The molecule has 1 amide bonds. The van der Waals surface area contributed by atoms with Crippen molar-refractivity contribution >= 4 is 16.9 Å². The van der Waals surface area contributed by atoms with Gasteiger partial charge in [0.25, 0.3) is 0 Å². The van der Waals surface area contributed by atoms with Gasteiger partial charge in [0, 0.05) is 16.5 Å². The van der Waals surface area contributed by atoms with E-state index in [2.05, 4.69) is 0 Å². The average molecular weight is 339 g/mol. The lowest BCUT2D eigenvalue weighted by Crippen LogP contribution is -2.50. The van der Waals surface area contributed by atoms with Gasteiger partial charge in [0.1, 0.15) is 17.6 Å². The van der Waals surface area contributed by atoms with Gasteiger partial charge in [0.05, 0.1) is 19.8 Å². The van der Waals surface area contributed by atoms with Gasteiger partial charge in [-0.15, -0.1) is 0 Å². The van der Waals surface area contributed by atoms with E-state index in [9.17, 15) is 4.79 Å². The smallest absolute Gasteiger partial charge is 0.228 e. The fraction of sp³-hybridized carbons (Fsp3) is 0.350. The van der Waals surface area contributed by atoms with Gasteiger partial charge in [0.15, 0.2) is 11.3 Å². The summed E-state index contributed by atoms with van der Waals surface area (Å²) >= 11 is 0. The van der Waals surface area contributed by atoms with E-state index >= 15 is 0 Å². The van der Waals surface area contributed by atoms with E-state index in [-0.39, 0.29) is 17.5 Å². The van der Waals surface area contributed by atoms with Crippen molar-refractivity contribution in [1.82, 2.24) is 4.90 Å². The van der Waals surface area contributed by atoms with E-state index in [1.807, 2.05) is 56.0 Å². The number of hydrogen-bond donors (Lipinski definition) is 0. The Bertz CT molecular complexity index is 931. The first-order valence-corrected chi connectivity index (χ1v) is 8.35. The predicted octanol–water partition coefficient (Wildman–Crippen LogP) is 4.31. The number of ether oxygens (including phenoxy) is 1. The molecule has 5 nitrogen and oxygen atoms in total. The summed E-state index contributed by atoms with van der Waals surface area (Å²) in [5, 5.41) is 0.924. The van der Waals surface area contributed by atoms with Crippen molar-refractivity contribution in [3.63, 3.8) is 0 Å². The number of nitrogens with zero attached hydrogens (tertiary/aromatic N) is 1. The van der Waals surface area contributed by atoms with Gasteiger partial charge >= 0.3 is 0 Å². The molecule has 1 aliphatic rings. The minimum atomic E-state index is -0.386. The molecule has 4 rings (SSSR count). The molecule has 0 saturated carbocycles. The van der Waals surface area contributed by atoms with Crippen molar-refractivity contribution in [2.75, 3.05) is 7.11 Å². The highest BCUT2D eigenvalue weighted by atomic mass is 16.5. The maximum absolute atomic E-state index is 13.0. The SMILES string of the molecule is COc1cccc2c3c(oc12)C(c1ccco1)N(C(C)(C)C)C(=O)C3. The molecule has 0 bridgehead atoms. The summed E-state index contributed by atoms with van der Waals surface area (Å²) in [7, 11) is 1.62. The maximum Gasteiger partial charge on any atom is 0.228 e. The zero-order valence-corrected chi connectivity index (χ0v) is 14.8. The van der Waals surface area contributed by atoms with Crippen LogP contribution in [0.2, 0.25) is 0 Å². The molecule has 0 saturated heterocycles. The Morgan fingerprint density at radius 2 is 2.00 bits per heavy atom. The quantitative estimate of drug-likeness (QED) is 0.698. The Morgan fingerprint density at radius 1 is 1.20 bits per heavy atom. The molecule has 1 atom stereocenters. The molecule has 2 aromatic heterocycles. The van der Waals surface area contributed by atoms with Crippen molar-refractivity contribution in [1.29, 1.82) is 0 Å². The molecule has 0 fully saturated rings. The van der Waals surface area contributed by atoms with E-state index < -0.39 is 0 Å². The van der Waals surface area contributed by atoms with Crippen LogP contribution in [-0.2, 0) is 11.2 Å². The molecule has 0 radical (unpaired) electrons. The standard InChI is InChI=1S/C20H21NO4/c1-20(2,3)21-16(22)11-13-12-7-5-8-15(23-4)18(12)25-19(13)17(21)14-9-6-10-24-14/h5-10,17H,11H2,1-4H3. The van der Waals surface area contributed by atoms with Crippen molar-refractivity contribution < 1.29 is 18.4 Å². The van der Waals surface area contributed by atoms with Crippen LogP contribution in [0.5, 0.6) is 5.75 Å². The summed E-state index contributed by atoms with van der Waals surface area (Å²) in [6, 6.07) is 9.08. The molecule has 0 spiro atoms. The molecule has 130 valence electrons. The normalized spacial score (nSPS) is 17.8. The summed E-state index contributed by atoms with van der Waals surface area (Å²) in [4.78, 5) is 14.9. The summed E-state index contributed by atoms with van der Waals surface area (Å²) in [6.45, 7) is 6.07. The number of carbonyl (C=O) groups excluding carboxylic acids is 1. The highest BCUT2D eigenvalue weighted by molar-refractivity contribution is 5.94. The lowest BCUT2D eigenvalue weighted by Gasteiger charge is -2.42. The van der Waals surface area contributed by atoms with Crippen LogP contribution in [0.4, 0.5) is 0 Å². The first kappa shape index (κ1) is 15.8. The lowest BCUT2D eigenvalue weighted by molar-refractivity contribution is -0.139. The van der Waals surface area contributed by atoms with Crippen LogP contribution < -0.4 is 4.74 Å². The van der Waals surface area contributed by atoms with Gasteiger partial charge < -0.3 is 18.5 Å². The number of furan rings is 2. The van der Waals surface area contributed by atoms with Gasteiger partial charge in [-0.25, -0.2) is 0 Å². The van der Waals surface area contributed by atoms with E-state index in [4.69, 9.17) is 13.6 Å². The number of carbonyl (C=O) groups is 1. The zero-order chi connectivity index (χ0) is 17.8. The second-order valence-electron chi connectivity index (χ2n) is 7.31. The van der Waals surface area contributed by atoms with Crippen LogP contribution in [-0.4, -0.2) is 23.5 Å². The summed E-state index contributed by atoms with van der Waals surface area (Å²) in [5.41, 5.74) is 1.23. The highest BCUT2D eigenvalue weighted by Gasteiger charge is 2.44. The highest BCUT2D eigenvalue weighted by Crippen LogP contribution is 2.45. The topological polar surface area (TPSA) is 55.8 Å². The summed E-state index contributed by atoms with van der Waals surface area (Å²) < 4.78 is 17.4. The lowest BCUT2D eigenvalue weighted by atomic mass is 9.90. The number of para-hydroxylation sites is 1. The molecular formula is C20H21NO4. The first-order chi connectivity index (χ1) is 11.9. The largest absolute Gasteiger partial charge is 0.493 e. The minimum absolute atomic E-state index is 0.0620. The Balaban J connectivity index is 2.01. The van der Waals surface area contributed by atoms with Crippen LogP contribution in [0, 0.1) is 0 Å². The average Bonchev–Trinajstić information content (AvgIpc) is 3.19. The summed E-state index contributed by atoms with van der Waals surface area (Å²) in [6.07, 6.45) is 1.93.